The lowest BCUT2D eigenvalue weighted by Gasteiger charge is -2.24. The van der Waals surface area contributed by atoms with Crippen molar-refractivity contribution in [1.82, 2.24) is 15.2 Å². The number of hydrogen-bond acceptors (Lipinski definition) is 3. The summed E-state index contributed by atoms with van der Waals surface area (Å²) >= 11 is 5.61. The Kier molecular flexibility index (Phi) is 3.27. The lowest BCUT2D eigenvalue weighted by atomic mass is 10.0. The number of aromatic amines is 1. The van der Waals surface area contributed by atoms with Gasteiger partial charge < -0.3 is 4.74 Å². The maximum atomic E-state index is 5.61. The Morgan fingerprint density at radius 3 is 2.62 bits per heavy atom. The molecule has 13 heavy (non-hydrogen) atoms. The zero-order chi connectivity index (χ0) is 9.90. The number of H-pyrrole nitrogens is 1. The van der Waals surface area contributed by atoms with Gasteiger partial charge >= 0.3 is 0 Å². The molecule has 74 valence electrons. The van der Waals surface area contributed by atoms with Crippen LogP contribution in [0.25, 0.3) is 0 Å². The van der Waals surface area contributed by atoms with E-state index in [-0.39, 0.29) is 5.28 Å². The molecule has 0 bridgehead atoms. The summed E-state index contributed by atoms with van der Waals surface area (Å²) in [5.41, 5.74) is -0.408. The molecule has 5 heteroatoms. The quantitative estimate of drug-likeness (QED) is 0.816. The summed E-state index contributed by atoms with van der Waals surface area (Å²) < 4.78 is 5.59. The molecule has 0 aromatic carbocycles. The molecule has 0 aliphatic rings. The molecule has 1 heterocycles. The zero-order valence-electron chi connectivity index (χ0n) is 8.09. The van der Waals surface area contributed by atoms with E-state index in [0.717, 1.165) is 6.42 Å². The lowest BCUT2D eigenvalue weighted by molar-refractivity contribution is -0.0387. The van der Waals surface area contributed by atoms with Gasteiger partial charge in [-0.2, -0.15) is 4.98 Å². The molecular weight excluding hydrogens is 190 g/mol. The Hall–Kier alpha value is -0.610. The fourth-order valence-corrected chi connectivity index (χ4v) is 1.26. The van der Waals surface area contributed by atoms with Crippen LogP contribution in [0.15, 0.2) is 0 Å². The van der Waals surface area contributed by atoms with Crippen molar-refractivity contribution in [2.75, 3.05) is 6.61 Å². The number of ether oxygens (including phenoxy) is 1. The third kappa shape index (κ3) is 2.19. The van der Waals surface area contributed by atoms with Gasteiger partial charge in [-0.15, -0.1) is 5.10 Å². The fraction of sp³-hybridized carbons (Fsp3) is 0.750. The third-order valence-electron chi connectivity index (χ3n) is 2.10. The number of halogens is 1. The second-order valence-corrected chi connectivity index (χ2v) is 3.31. The fourth-order valence-electron chi connectivity index (χ4n) is 1.13. The molecule has 0 aliphatic carbocycles. The second kappa shape index (κ2) is 4.07. The Morgan fingerprint density at radius 1 is 1.54 bits per heavy atom. The van der Waals surface area contributed by atoms with Crippen LogP contribution >= 0.6 is 11.6 Å². The summed E-state index contributed by atoms with van der Waals surface area (Å²) in [7, 11) is 0. The summed E-state index contributed by atoms with van der Waals surface area (Å²) in [5, 5.41) is 6.76. The minimum absolute atomic E-state index is 0.231. The number of nitrogens with zero attached hydrogens (tertiary/aromatic N) is 2. The minimum atomic E-state index is -0.408. The van der Waals surface area contributed by atoms with Crippen molar-refractivity contribution < 1.29 is 4.74 Å². The highest BCUT2D eigenvalue weighted by Crippen LogP contribution is 2.26. The van der Waals surface area contributed by atoms with Gasteiger partial charge in [-0.3, -0.25) is 5.10 Å². The van der Waals surface area contributed by atoms with Crippen LogP contribution in [0, 0.1) is 0 Å². The van der Waals surface area contributed by atoms with Gasteiger partial charge in [0.1, 0.15) is 5.60 Å². The monoisotopic (exact) mass is 203 g/mol. The van der Waals surface area contributed by atoms with Crippen molar-refractivity contribution in [1.29, 1.82) is 0 Å². The molecule has 4 nitrogen and oxygen atoms in total. The molecule has 0 spiro atoms. The van der Waals surface area contributed by atoms with E-state index in [2.05, 4.69) is 15.2 Å². The van der Waals surface area contributed by atoms with Crippen molar-refractivity contribution in [3.05, 3.63) is 11.1 Å². The third-order valence-corrected chi connectivity index (χ3v) is 2.27. The number of nitrogens with one attached hydrogen (secondary N) is 1. The normalized spacial score (nSPS) is 15.7. The van der Waals surface area contributed by atoms with E-state index in [1.54, 1.807) is 0 Å². The molecule has 0 fully saturated rings. The lowest BCUT2D eigenvalue weighted by Crippen LogP contribution is -2.26. The zero-order valence-corrected chi connectivity index (χ0v) is 8.85. The molecule has 1 aromatic rings. The first-order valence-corrected chi connectivity index (χ1v) is 4.72. The number of hydrogen-bond donors (Lipinski definition) is 1. The summed E-state index contributed by atoms with van der Waals surface area (Å²) in [5.74, 6) is 0.682. The smallest absolute Gasteiger partial charge is 0.242 e. The molecular formula is C8H14ClN3O. The van der Waals surface area contributed by atoms with Crippen molar-refractivity contribution in [2.45, 2.75) is 32.8 Å². The molecule has 0 aliphatic heterocycles. The largest absolute Gasteiger partial charge is 0.368 e. The summed E-state index contributed by atoms with van der Waals surface area (Å²) in [4.78, 5) is 4.05. The van der Waals surface area contributed by atoms with Crippen LogP contribution in [0.3, 0.4) is 0 Å². The predicted octanol–water partition coefficient (Wildman–Crippen LogP) is 2.12. The average Bonchev–Trinajstić information content (AvgIpc) is 2.52. The van der Waals surface area contributed by atoms with Gasteiger partial charge in [0.25, 0.3) is 0 Å². The summed E-state index contributed by atoms with van der Waals surface area (Å²) in [6.45, 7) is 6.59. The van der Waals surface area contributed by atoms with Crippen LogP contribution < -0.4 is 0 Å². The second-order valence-electron chi connectivity index (χ2n) is 2.97. The molecule has 0 radical (unpaired) electrons. The van der Waals surface area contributed by atoms with Crippen LogP contribution in [-0.2, 0) is 10.3 Å². The van der Waals surface area contributed by atoms with E-state index in [9.17, 15) is 0 Å². The first kappa shape index (κ1) is 10.5. The van der Waals surface area contributed by atoms with Gasteiger partial charge in [0.05, 0.1) is 0 Å². The molecule has 0 amide bonds. The SMILES string of the molecule is CCOC(C)(CC)c1nc(Cl)n[nH]1. The van der Waals surface area contributed by atoms with Gasteiger partial charge in [-0.05, 0) is 31.9 Å². The van der Waals surface area contributed by atoms with Gasteiger partial charge in [0, 0.05) is 6.61 Å². The van der Waals surface area contributed by atoms with E-state index in [1.807, 2.05) is 20.8 Å². The summed E-state index contributed by atoms with van der Waals surface area (Å²) in [6.07, 6.45) is 0.826. The highest BCUT2D eigenvalue weighted by atomic mass is 35.5. The van der Waals surface area contributed by atoms with Crippen LogP contribution in [0.1, 0.15) is 33.0 Å². The Labute approximate surface area is 82.7 Å². The summed E-state index contributed by atoms with van der Waals surface area (Å²) in [6, 6.07) is 0. The van der Waals surface area contributed by atoms with Crippen molar-refractivity contribution in [3.8, 4) is 0 Å². The van der Waals surface area contributed by atoms with E-state index in [0.29, 0.717) is 12.4 Å². The van der Waals surface area contributed by atoms with E-state index >= 15 is 0 Å². The van der Waals surface area contributed by atoms with Crippen molar-refractivity contribution >= 4 is 11.6 Å². The van der Waals surface area contributed by atoms with Gasteiger partial charge in [-0.1, -0.05) is 6.92 Å². The standard InChI is InChI=1S/C8H14ClN3O/c1-4-8(3,13-5-2)6-10-7(9)12-11-6/h4-5H2,1-3H3,(H,10,11,12). The Balaban J connectivity index is 2.88. The topological polar surface area (TPSA) is 50.8 Å². The molecule has 1 unspecified atom stereocenters. The van der Waals surface area contributed by atoms with Crippen LogP contribution in [-0.4, -0.2) is 21.8 Å². The number of rotatable bonds is 4. The highest BCUT2D eigenvalue weighted by Gasteiger charge is 2.28. The Morgan fingerprint density at radius 2 is 2.23 bits per heavy atom. The predicted molar refractivity (Wildman–Crippen MR) is 50.7 cm³/mol. The van der Waals surface area contributed by atoms with Gasteiger partial charge in [0.15, 0.2) is 5.82 Å². The van der Waals surface area contributed by atoms with Crippen molar-refractivity contribution in [3.63, 3.8) is 0 Å². The maximum Gasteiger partial charge on any atom is 0.242 e. The number of aromatic nitrogens is 3. The first-order chi connectivity index (χ1) is 6.12. The van der Waals surface area contributed by atoms with E-state index in [4.69, 9.17) is 16.3 Å². The maximum absolute atomic E-state index is 5.61. The Bertz CT molecular complexity index is 276. The van der Waals surface area contributed by atoms with Gasteiger partial charge in [0.2, 0.25) is 5.28 Å². The average molecular weight is 204 g/mol. The highest BCUT2D eigenvalue weighted by molar-refractivity contribution is 6.28. The van der Waals surface area contributed by atoms with Crippen LogP contribution in [0.5, 0.6) is 0 Å². The van der Waals surface area contributed by atoms with Crippen molar-refractivity contribution in [2.24, 2.45) is 0 Å². The molecule has 0 saturated heterocycles. The molecule has 0 saturated carbocycles. The first-order valence-electron chi connectivity index (χ1n) is 4.34. The molecule has 1 N–H and O–H groups in total. The van der Waals surface area contributed by atoms with Crippen LogP contribution in [0.4, 0.5) is 0 Å². The van der Waals surface area contributed by atoms with Crippen LogP contribution in [0.2, 0.25) is 5.28 Å². The molecule has 1 aromatic heterocycles. The minimum Gasteiger partial charge on any atom is -0.368 e. The van der Waals surface area contributed by atoms with E-state index < -0.39 is 5.60 Å². The molecule has 1 rings (SSSR count). The van der Waals surface area contributed by atoms with Gasteiger partial charge in [-0.25, -0.2) is 0 Å². The van der Waals surface area contributed by atoms with E-state index in [1.165, 1.54) is 0 Å². The molecule has 1 atom stereocenters.